The molecule has 0 saturated heterocycles. The van der Waals surface area contributed by atoms with Crippen LogP contribution in [0.15, 0.2) is 78.9 Å². The minimum Gasteiger partial charge on any atom is -0.491 e. The van der Waals surface area contributed by atoms with Crippen LogP contribution in [0.3, 0.4) is 0 Å². The van der Waals surface area contributed by atoms with Crippen molar-refractivity contribution < 1.29 is 9.53 Å². The third kappa shape index (κ3) is 5.48. The summed E-state index contributed by atoms with van der Waals surface area (Å²) in [6, 6.07) is 24.1. The van der Waals surface area contributed by atoms with Crippen LogP contribution >= 0.6 is 23.8 Å². The number of thiocarbonyl (C=S) groups is 1. The lowest BCUT2D eigenvalue weighted by Crippen LogP contribution is -2.34. The third-order valence-corrected chi connectivity index (χ3v) is 5.35. The number of hydrogen-bond donors (Lipinski definition) is 2. The van der Waals surface area contributed by atoms with Gasteiger partial charge in [0, 0.05) is 10.9 Å². The first-order valence-electron chi connectivity index (χ1n) is 10.4. The van der Waals surface area contributed by atoms with Gasteiger partial charge >= 0.3 is 0 Å². The van der Waals surface area contributed by atoms with E-state index in [9.17, 15) is 4.79 Å². The predicted molar refractivity (Wildman–Crippen MR) is 138 cm³/mol. The van der Waals surface area contributed by atoms with Crippen molar-refractivity contribution in [1.29, 1.82) is 0 Å². The van der Waals surface area contributed by atoms with Gasteiger partial charge in [-0.3, -0.25) is 10.1 Å². The van der Waals surface area contributed by atoms with Gasteiger partial charge in [0.15, 0.2) is 5.11 Å². The zero-order valence-corrected chi connectivity index (χ0v) is 19.7. The predicted octanol–water partition coefficient (Wildman–Crippen LogP) is 6.47. The first-order valence-corrected chi connectivity index (χ1v) is 11.2. The maximum Gasteiger partial charge on any atom is 0.258 e. The summed E-state index contributed by atoms with van der Waals surface area (Å²) in [6.07, 6.45) is 0.0535. The van der Waals surface area contributed by atoms with Crippen molar-refractivity contribution in [2.24, 2.45) is 0 Å². The van der Waals surface area contributed by atoms with E-state index in [1.165, 1.54) is 0 Å². The largest absolute Gasteiger partial charge is 0.491 e. The van der Waals surface area contributed by atoms with Crippen LogP contribution in [0, 0.1) is 0 Å². The fourth-order valence-corrected chi connectivity index (χ4v) is 3.78. The monoisotopic (exact) mass is 475 g/mol. The van der Waals surface area contributed by atoms with Crippen LogP contribution < -0.4 is 15.4 Å². The molecule has 4 aromatic rings. The lowest BCUT2D eigenvalue weighted by Gasteiger charge is -2.14. The number of fused-ring (bicyclic) bond motifs is 1. The molecule has 7 heteroatoms. The first kappa shape index (κ1) is 22.7. The second kappa shape index (κ2) is 9.98. The Kier molecular flexibility index (Phi) is 6.87. The van der Waals surface area contributed by atoms with Crippen LogP contribution in [0.5, 0.6) is 5.75 Å². The maximum atomic E-state index is 13.2. The van der Waals surface area contributed by atoms with Gasteiger partial charge in [-0.05, 0) is 62.5 Å². The van der Waals surface area contributed by atoms with Crippen molar-refractivity contribution in [3.05, 3.63) is 89.4 Å². The fourth-order valence-electron chi connectivity index (χ4n) is 3.40. The number of nitrogens with zero attached hydrogens (tertiary/aromatic N) is 1. The number of carbonyl (C=O) groups is 1. The Bertz CT molecular complexity index is 1340. The molecule has 0 aliphatic heterocycles. The van der Waals surface area contributed by atoms with Crippen LogP contribution in [0.25, 0.3) is 22.2 Å². The molecule has 1 aromatic heterocycles. The second-order valence-electron chi connectivity index (χ2n) is 7.65. The Morgan fingerprint density at radius 1 is 1.00 bits per heavy atom. The summed E-state index contributed by atoms with van der Waals surface area (Å²) in [4.78, 5) is 18.0. The van der Waals surface area contributed by atoms with Crippen LogP contribution in [0.2, 0.25) is 5.02 Å². The number of benzene rings is 3. The van der Waals surface area contributed by atoms with Crippen molar-refractivity contribution in [2.45, 2.75) is 20.0 Å². The normalized spacial score (nSPS) is 10.8. The zero-order chi connectivity index (χ0) is 23.4. The van der Waals surface area contributed by atoms with E-state index in [1.54, 1.807) is 18.2 Å². The molecule has 5 nitrogen and oxygen atoms in total. The molecule has 3 aromatic carbocycles. The standard InChI is InChI=1S/C26H22ClN3O2S/c1-16(2)32-18-9-7-8-17(14-18)24-15-20(19-10-3-5-12-22(19)28-24)25(31)30-26(33)29-23-13-6-4-11-21(23)27/h3-16H,1-2H3,(H2,29,30,31,33). The summed E-state index contributed by atoms with van der Waals surface area (Å²) in [6.45, 7) is 3.95. The molecule has 0 saturated carbocycles. The first-order chi connectivity index (χ1) is 15.9. The number of rotatable bonds is 5. The average molecular weight is 476 g/mol. The molecule has 33 heavy (non-hydrogen) atoms. The van der Waals surface area contributed by atoms with E-state index in [0.29, 0.717) is 27.5 Å². The van der Waals surface area contributed by atoms with E-state index < -0.39 is 0 Å². The number of para-hydroxylation sites is 2. The van der Waals surface area contributed by atoms with Gasteiger partial charge in [-0.1, -0.05) is 54.1 Å². The Morgan fingerprint density at radius 2 is 1.76 bits per heavy atom. The van der Waals surface area contributed by atoms with Gasteiger partial charge in [-0.2, -0.15) is 0 Å². The highest BCUT2D eigenvalue weighted by molar-refractivity contribution is 7.80. The Morgan fingerprint density at radius 3 is 2.55 bits per heavy atom. The highest BCUT2D eigenvalue weighted by Gasteiger charge is 2.16. The molecule has 0 unspecified atom stereocenters. The molecule has 1 heterocycles. The lowest BCUT2D eigenvalue weighted by atomic mass is 10.0. The fraction of sp³-hybridized carbons (Fsp3) is 0.115. The van der Waals surface area contributed by atoms with Gasteiger partial charge in [-0.15, -0.1) is 0 Å². The van der Waals surface area contributed by atoms with E-state index in [0.717, 1.165) is 16.7 Å². The van der Waals surface area contributed by atoms with E-state index in [-0.39, 0.29) is 17.1 Å². The van der Waals surface area contributed by atoms with Gasteiger partial charge in [-0.25, -0.2) is 4.98 Å². The maximum absolute atomic E-state index is 13.2. The van der Waals surface area contributed by atoms with Crippen LogP contribution in [0.1, 0.15) is 24.2 Å². The van der Waals surface area contributed by atoms with Crippen molar-refractivity contribution in [3.8, 4) is 17.0 Å². The number of aromatic nitrogens is 1. The second-order valence-corrected chi connectivity index (χ2v) is 8.47. The molecule has 166 valence electrons. The van der Waals surface area contributed by atoms with Gasteiger partial charge in [0.2, 0.25) is 0 Å². The highest BCUT2D eigenvalue weighted by Crippen LogP contribution is 2.28. The van der Waals surface area contributed by atoms with Crippen molar-refractivity contribution in [3.63, 3.8) is 0 Å². The summed E-state index contributed by atoms with van der Waals surface area (Å²) in [7, 11) is 0. The van der Waals surface area contributed by atoms with Crippen molar-refractivity contribution >= 4 is 51.4 Å². The van der Waals surface area contributed by atoms with Crippen molar-refractivity contribution in [2.75, 3.05) is 5.32 Å². The Balaban J connectivity index is 1.66. The Hall–Kier alpha value is -3.48. The molecule has 0 radical (unpaired) electrons. The number of hydrogen-bond acceptors (Lipinski definition) is 4. The number of pyridine rings is 1. The van der Waals surface area contributed by atoms with Crippen LogP contribution in [0.4, 0.5) is 5.69 Å². The molecule has 0 spiro atoms. The minimum atomic E-state index is -0.339. The summed E-state index contributed by atoms with van der Waals surface area (Å²) in [5.74, 6) is 0.405. The SMILES string of the molecule is CC(C)Oc1cccc(-c2cc(C(=O)NC(=S)Nc3ccccc3Cl)c3ccccc3n2)c1. The van der Waals surface area contributed by atoms with Gasteiger partial charge in [0.1, 0.15) is 5.75 Å². The van der Waals surface area contributed by atoms with Gasteiger partial charge in [0.25, 0.3) is 5.91 Å². The zero-order valence-electron chi connectivity index (χ0n) is 18.1. The lowest BCUT2D eigenvalue weighted by molar-refractivity contribution is 0.0979. The number of ether oxygens (including phenoxy) is 1. The number of anilines is 1. The van der Waals surface area contributed by atoms with E-state index in [2.05, 4.69) is 10.6 Å². The smallest absolute Gasteiger partial charge is 0.258 e. The van der Waals surface area contributed by atoms with Crippen LogP contribution in [-0.2, 0) is 0 Å². The molecule has 0 aliphatic rings. The number of nitrogens with one attached hydrogen (secondary N) is 2. The molecule has 1 amide bonds. The summed E-state index contributed by atoms with van der Waals surface area (Å²) < 4.78 is 5.82. The van der Waals surface area contributed by atoms with E-state index in [4.69, 9.17) is 33.5 Å². The van der Waals surface area contributed by atoms with Crippen LogP contribution in [-0.4, -0.2) is 22.1 Å². The average Bonchev–Trinajstić information content (AvgIpc) is 2.79. The topological polar surface area (TPSA) is 63.2 Å². The molecule has 0 aliphatic carbocycles. The number of carbonyl (C=O) groups excluding carboxylic acids is 1. The van der Waals surface area contributed by atoms with Gasteiger partial charge < -0.3 is 10.1 Å². The quantitative estimate of drug-likeness (QED) is 0.324. The van der Waals surface area contributed by atoms with E-state index >= 15 is 0 Å². The number of amides is 1. The molecule has 0 atom stereocenters. The molecule has 2 N–H and O–H groups in total. The summed E-state index contributed by atoms with van der Waals surface area (Å²) in [5.41, 5.74) is 3.31. The third-order valence-electron chi connectivity index (χ3n) is 4.81. The molecule has 0 bridgehead atoms. The molecular weight excluding hydrogens is 454 g/mol. The molecular formula is C26H22ClN3O2S. The molecule has 0 fully saturated rings. The highest BCUT2D eigenvalue weighted by atomic mass is 35.5. The summed E-state index contributed by atoms with van der Waals surface area (Å²) in [5, 5.41) is 7.11. The van der Waals surface area contributed by atoms with E-state index in [1.807, 2.05) is 74.5 Å². The summed E-state index contributed by atoms with van der Waals surface area (Å²) >= 11 is 11.5. The Labute approximate surface area is 202 Å². The minimum absolute atomic E-state index is 0.0535. The number of halogens is 1. The molecule has 4 rings (SSSR count). The van der Waals surface area contributed by atoms with Gasteiger partial charge in [0.05, 0.1) is 33.6 Å². The van der Waals surface area contributed by atoms with Crippen molar-refractivity contribution in [1.82, 2.24) is 10.3 Å².